The monoisotopic (exact) mass is 152 g/mol. The van der Waals surface area contributed by atoms with Crippen LogP contribution in [0.3, 0.4) is 0 Å². The minimum atomic E-state index is 0.364. The number of nitrogens with one attached hydrogen (secondary N) is 1. The summed E-state index contributed by atoms with van der Waals surface area (Å²) in [5.74, 6) is 0.602. The minimum absolute atomic E-state index is 0.364. The molecule has 4 heteroatoms. The van der Waals surface area contributed by atoms with Gasteiger partial charge in [-0.15, -0.1) is 0 Å². The summed E-state index contributed by atoms with van der Waals surface area (Å²) in [7, 11) is 0. The van der Waals surface area contributed by atoms with Crippen molar-refractivity contribution in [3.8, 4) is 0 Å². The van der Waals surface area contributed by atoms with E-state index >= 15 is 0 Å². The van der Waals surface area contributed by atoms with Gasteiger partial charge in [0.2, 0.25) is 5.95 Å². The Hall–Kier alpha value is -1.16. The minimum Gasteiger partial charge on any atom is -0.342 e. The van der Waals surface area contributed by atoms with Crippen molar-refractivity contribution < 1.29 is 0 Å². The lowest BCUT2D eigenvalue weighted by atomic mass is 10.4. The zero-order valence-electron chi connectivity index (χ0n) is 6.76. The van der Waals surface area contributed by atoms with Crippen molar-refractivity contribution in [3.63, 3.8) is 0 Å². The van der Waals surface area contributed by atoms with Crippen molar-refractivity contribution in [1.82, 2.24) is 9.97 Å². The summed E-state index contributed by atoms with van der Waals surface area (Å²) in [6.45, 7) is 4.22. The van der Waals surface area contributed by atoms with Crippen LogP contribution in [0, 0.1) is 13.8 Å². The number of anilines is 1. The summed E-state index contributed by atoms with van der Waals surface area (Å²) in [6.07, 6.45) is 0. The lowest BCUT2D eigenvalue weighted by molar-refractivity contribution is 1.01. The van der Waals surface area contributed by atoms with Gasteiger partial charge < -0.3 is 11.1 Å². The maximum atomic E-state index is 5.27. The second kappa shape index (κ2) is 3.30. The Morgan fingerprint density at radius 1 is 1.36 bits per heavy atom. The molecule has 0 saturated heterocycles. The third-order valence-electron chi connectivity index (χ3n) is 1.24. The van der Waals surface area contributed by atoms with Gasteiger partial charge in [-0.3, -0.25) is 0 Å². The molecule has 0 atom stereocenters. The first-order valence-electron chi connectivity index (χ1n) is 3.48. The zero-order chi connectivity index (χ0) is 8.27. The lowest BCUT2D eigenvalue weighted by Crippen LogP contribution is -2.13. The van der Waals surface area contributed by atoms with Gasteiger partial charge in [-0.2, -0.15) is 0 Å². The predicted molar refractivity (Wildman–Crippen MR) is 44.2 cm³/mol. The summed E-state index contributed by atoms with van der Waals surface area (Å²) < 4.78 is 0. The van der Waals surface area contributed by atoms with Crippen LogP contribution in [-0.4, -0.2) is 16.6 Å². The number of aromatic nitrogens is 2. The normalized spacial score (nSPS) is 9.73. The smallest absolute Gasteiger partial charge is 0.224 e. The van der Waals surface area contributed by atoms with E-state index in [1.165, 1.54) is 0 Å². The number of hydrogen-bond acceptors (Lipinski definition) is 4. The number of nitrogens with two attached hydrogens (primary N) is 1. The molecule has 0 aliphatic heterocycles. The topological polar surface area (TPSA) is 63.8 Å². The van der Waals surface area contributed by atoms with Crippen LogP contribution in [0.15, 0.2) is 6.07 Å². The first-order chi connectivity index (χ1) is 5.22. The van der Waals surface area contributed by atoms with Crippen molar-refractivity contribution in [3.05, 3.63) is 17.5 Å². The van der Waals surface area contributed by atoms with Crippen molar-refractivity contribution in [2.75, 3.05) is 12.0 Å². The third kappa shape index (κ3) is 2.16. The maximum Gasteiger partial charge on any atom is 0.224 e. The van der Waals surface area contributed by atoms with E-state index in [0.717, 1.165) is 11.4 Å². The summed E-state index contributed by atoms with van der Waals surface area (Å²) in [6, 6.07) is 1.92. The molecule has 60 valence electrons. The van der Waals surface area contributed by atoms with Crippen LogP contribution in [0.2, 0.25) is 0 Å². The van der Waals surface area contributed by atoms with Gasteiger partial charge in [0.05, 0.1) is 6.67 Å². The highest BCUT2D eigenvalue weighted by molar-refractivity contribution is 5.26. The SMILES string of the molecule is Cc1cc(C)nc(NCN)n1. The van der Waals surface area contributed by atoms with Gasteiger partial charge in [-0.25, -0.2) is 9.97 Å². The van der Waals surface area contributed by atoms with Gasteiger partial charge >= 0.3 is 0 Å². The zero-order valence-corrected chi connectivity index (χ0v) is 6.76. The summed E-state index contributed by atoms with van der Waals surface area (Å²) in [5, 5.41) is 2.84. The molecule has 1 rings (SSSR count). The van der Waals surface area contributed by atoms with Gasteiger partial charge in [0.1, 0.15) is 0 Å². The fourth-order valence-corrected chi connectivity index (χ4v) is 0.896. The fraction of sp³-hybridized carbons (Fsp3) is 0.429. The fourth-order valence-electron chi connectivity index (χ4n) is 0.896. The van der Waals surface area contributed by atoms with Crippen LogP contribution in [0.5, 0.6) is 0 Å². The first kappa shape index (κ1) is 7.94. The molecular weight excluding hydrogens is 140 g/mol. The molecule has 1 aromatic rings. The highest BCUT2D eigenvalue weighted by Gasteiger charge is 1.95. The Kier molecular flexibility index (Phi) is 2.38. The number of nitrogens with zero attached hydrogens (tertiary/aromatic N) is 2. The Morgan fingerprint density at radius 2 is 1.91 bits per heavy atom. The lowest BCUT2D eigenvalue weighted by Gasteiger charge is -2.02. The molecule has 0 amide bonds. The highest BCUT2D eigenvalue weighted by Crippen LogP contribution is 2.01. The molecule has 3 N–H and O–H groups in total. The van der Waals surface area contributed by atoms with Crippen molar-refractivity contribution in [1.29, 1.82) is 0 Å². The molecule has 0 saturated carbocycles. The molecule has 0 aromatic carbocycles. The van der Waals surface area contributed by atoms with E-state index < -0.39 is 0 Å². The molecule has 4 nitrogen and oxygen atoms in total. The van der Waals surface area contributed by atoms with Crippen molar-refractivity contribution in [2.24, 2.45) is 5.73 Å². The van der Waals surface area contributed by atoms with Gasteiger partial charge in [-0.1, -0.05) is 0 Å². The van der Waals surface area contributed by atoms with Crippen molar-refractivity contribution in [2.45, 2.75) is 13.8 Å². The highest BCUT2D eigenvalue weighted by atomic mass is 15.1. The van der Waals surface area contributed by atoms with Crippen LogP contribution < -0.4 is 11.1 Å². The van der Waals surface area contributed by atoms with Crippen LogP contribution >= 0.6 is 0 Å². The average Bonchev–Trinajstić information content (AvgIpc) is 1.85. The van der Waals surface area contributed by atoms with E-state index in [1.807, 2.05) is 19.9 Å². The number of rotatable bonds is 2. The first-order valence-corrected chi connectivity index (χ1v) is 3.48. The quantitative estimate of drug-likeness (QED) is 0.603. The van der Waals surface area contributed by atoms with E-state index in [0.29, 0.717) is 12.6 Å². The Labute approximate surface area is 65.9 Å². The van der Waals surface area contributed by atoms with Crippen LogP contribution in [-0.2, 0) is 0 Å². The summed E-state index contributed by atoms with van der Waals surface area (Å²) in [4.78, 5) is 8.24. The second-order valence-electron chi connectivity index (χ2n) is 2.36. The Morgan fingerprint density at radius 3 is 2.36 bits per heavy atom. The predicted octanol–water partition coefficient (Wildman–Crippen LogP) is 0.422. The molecule has 0 unspecified atom stereocenters. The second-order valence-corrected chi connectivity index (χ2v) is 2.36. The molecule has 1 heterocycles. The molecular formula is C7H12N4. The van der Waals surface area contributed by atoms with Gasteiger partial charge in [0.15, 0.2) is 0 Å². The molecule has 0 bridgehead atoms. The molecule has 0 radical (unpaired) electrons. The van der Waals surface area contributed by atoms with Gasteiger partial charge in [0.25, 0.3) is 0 Å². The molecule has 0 aliphatic rings. The average molecular weight is 152 g/mol. The largest absolute Gasteiger partial charge is 0.342 e. The maximum absolute atomic E-state index is 5.27. The Balaban J connectivity index is 2.89. The van der Waals surface area contributed by atoms with Crippen LogP contribution in [0.1, 0.15) is 11.4 Å². The number of aryl methyl sites for hydroxylation is 2. The molecule has 0 spiro atoms. The number of hydrogen-bond donors (Lipinski definition) is 2. The van der Waals surface area contributed by atoms with Crippen LogP contribution in [0.4, 0.5) is 5.95 Å². The molecule has 0 aliphatic carbocycles. The molecule has 0 fully saturated rings. The van der Waals surface area contributed by atoms with E-state index in [2.05, 4.69) is 15.3 Å². The van der Waals surface area contributed by atoms with E-state index in [9.17, 15) is 0 Å². The third-order valence-corrected chi connectivity index (χ3v) is 1.24. The molecule has 11 heavy (non-hydrogen) atoms. The van der Waals surface area contributed by atoms with E-state index in [4.69, 9.17) is 5.73 Å². The van der Waals surface area contributed by atoms with E-state index in [1.54, 1.807) is 0 Å². The van der Waals surface area contributed by atoms with Crippen LogP contribution in [0.25, 0.3) is 0 Å². The van der Waals surface area contributed by atoms with Gasteiger partial charge in [-0.05, 0) is 19.9 Å². The Bertz CT molecular complexity index is 226. The standard InChI is InChI=1S/C7H12N4/c1-5-3-6(2)11-7(10-5)9-4-8/h3H,4,8H2,1-2H3,(H,9,10,11). The summed E-state index contributed by atoms with van der Waals surface area (Å²) in [5.41, 5.74) is 7.17. The summed E-state index contributed by atoms with van der Waals surface area (Å²) >= 11 is 0. The van der Waals surface area contributed by atoms with Gasteiger partial charge in [0, 0.05) is 11.4 Å². The van der Waals surface area contributed by atoms with Crippen molar-refractivity contribution >= 4 is 5.95 Å². The van der Waals surface area contributed by atoms with E-state index in [-0.39, 0.29) is 0 Å². The molecule has 1 aromatic heterocycles.